The predicted molar refractivity (Wildman–Crippen MR) is 75.2 cm³/mol. The summed E-state index contributed by atoms with van der Waals surface area (Å²) >= 11 is 0. The highest BCUT2D eigenvalue weighted by molar-refractivity contribution is 7.89. The number of hydrogen-bond donors (Lipinski definition) is 2. The molecule has 0 saturated carbocycles. The Labute approximate surface area is 124 Å². The molecule has 1 saturated heterocycles. The van der Waals surface area contributed by atoms with E-state index in [1.54, 1.807) is 0 Å². The van der Waals surface area contributed by atoms with Crippen molar-refractivity contribution >= 4 is 21.9 Å². The zero-order valence-electron chi connectivity index (χ0n) is 12.3. The number of carboxylic acid groups (broad SMARTS) is 1. The summed E-state index contributed by atoms with van der Waals surface area (Å²) in [6.45, 7) is 1.83. The van der Waals surface area contributed by atoms with Gasteiger partial charge in [0.1, 0.15) is 0 Å². The van der Waals surface area contributed by atoms with Crippen LogP contribution in [0.1, 0.15) is 19.8 Å². The summed E-state index contributed by atoms with van der Waals surface area (Å²) in [5.74, 6) is -1.57. The second kappa shape index (κ2) is 7.19. The van der Waals surface area contributed by atoms with E-state index in [0.29, 0.717) is 26.1 Å². The average molecular weight is 322 g/mol. The maximum Gasteiger partial charge on any atom is 0.311 e. The molecule has 1 aliphatic heterocycles. The highest BCUT2D eigenvalue weighted by atomic mass is 32.2. The Morgan fingerprint density at radius 3 is 2.38 bits per heavy atom. The minimum absolute atomic E-state index is 0.0233. The first kappa shape index (κ1) is 17.9. The molecule has 0 aliphatic carbocycles. The second-order valence-corrected chi connectivity index (χ2v) is 7.50. The molecule has 0 bridgehead atoms. The van der Waals surface area contributed by atoms with E-state index in [1.807, 2.05) is 0 Å². The Balaban J connectivity index is 2.57. The van der Waals surface area contributed by atoms with Gasteiger partial charge in [-0.3, -0.25) is 9.59 Å². The lowest BCUT2D eigenvalue weighted by atomic mass is 9.80. The molecule has 0 aromatic rings. The number of carbonyl (C=O) groups excluding carboxylic acids is 1. The summed E-state index contributed by atoms with van der Waals surface area (Å²) in [4.78, 5) is 23.2. The molecule has 1 amide bonds. The number of aliphatic carboxylic acids is 1. The Bertz CT molecular complexity index is 484. The van der Waals surface area contributed by atoms with E-state index in [-0.39, 0.29) is 18.8 Å². The number of hydrogen-bond acceptors (Lipinski definition) is 5. The molecule has 2 N–H and O–H groups in total. The fourth-order valence-corrected chi connectivity index (χ4v) is 2.83. The molecule has 122 valence electrons. The second-order valence-electron chi connectivity index (χ2n) is 5.13. The van der Waals surface area contributed by atoms with Crippen LogP contribution in [-0.2, 0) is 24.3 Å². The van der Waals surface area contributed by atoms with Crippen molar-refractivity contribution in [2.45, 2.75) is 19.8 Å². The molecular weight excluding hydrogens is 300 g/mol. The van der Waals surface area contributed by atoms with E-state index in [0.717, 1.165) is 4.31 Å². The largest absolute Gasteiger partial charge is 0.481 e. The van der Waals surface area contributed by atoms with E-state index in [4.69, 9.17) is 4.74 Å². The van der Waals surface area contributed by atoms with Gasteiger partial charge in [0.15, 0.2) is 0 Å². The SMILES string of the molecule is CCS(=O)(=O)N(C)CC(=O)NCC1(C(=O)O)CCOCC1. The Hall–Kier alpha value is -1.19. The summed E-state index contributed by atoms with van der Waals surface area (Å²) in [5.41, 5.74) is -1.03. The maximum absolute atomic E-state index is 11.8. The van der Waals surface area contributed by atoms with Crippen molar-refractivity contribution in [1.82, 2.24) is 9.62 Å². The van der Waals surface area contributed by atoms with Crippen molar-refractivity contribution in [3.8, 4) is 0 Å². The normalized spacial score (nSPS) is 18.4. The van der Waals surface area contributed by atoms with Crippen molar-refractivity contribution in [2.75, 3.05) is 39.1 Å². The Morgan fingerprint density at radius 2 is 1.90 bits per heavy atom. The molecular formula is C12H22N2O6S. The van der Waals surface area contributed by atoms with E-state index in [2.05, 4.69) is 5.32 Å². The molecule has 0 aromatic carbocycles. The van der Waals surface area contributed by atoms with Gasteiger partial charge in [0.05, 0.1) is 17.7 Å². The Morgan fingerprint density at radius 1 is 1.33 bits per heavy atom. The fraction of sp³-hybridized carbons (Fsp3) is 0.833. The van der Waals surface area contributed by atoms with Crippen LogP contribution in [-0.4, -0.2) is 68.8 Å². The number of amides is 1. The molecule has 1 rings (SSSR count). The van der Waals surface area contributed by atoms with Crippen LogP contribution in [0.5, 0.6) is 0 Å². The number of nitrogens with one attached hydrogen (secondary N) is 1. The van der Waals surface area contributed by atoms with Gasteiger partial charge in [-0.1, -0.05) is 0 Å². The van der Waals surface area contributed by atoms with Crippen LogP contribution in [0, 0.1) is 5.41 Å². The predicted octanol–water partition coefficient (Wildman–Crippen LogP) is -0.734. The monoisotopic (exact) mass is 322 g/mol. The van der Waals surface area contributed by atoms with Gasteiger partial charge in [-0.25, -0.2) is 8.42 Å². The van der Waals surface area contributed by atoms with Crippen molar-refractivity contribution in [3.05, 3.63) is 0 Å². The number of rotatable bonds is 7. The smallest absolute Gasteiger partial charge is 0.311 e. The molecule has 1 aliphatic rings. The first-order valence-corrected chi connectivity index (χ1v) is 8.36. The number of carboxylic acids is 1. The third kappa shape index (κ3) is 4.65. The van der Waals surface area contributed by atoms with Crippen molar-refractivity contribution in [1.29, 1.82) is 0 Å². The number of carbonyl (C=O) groups is 2. The lowest BCUT2D eigenvalue weighted by Crippen LogP contribution is -2.48. The van der Waals surface area contributed by atoms with Crippen LogP contribution in [0.4, 0.5) is 0 Å². The molecule has 1 fully saturated rings. The number of nitrogens with zero attached hydrogens (tertiary/aromatic N) is 1. The quantitative estimate of drug-likeness (QED) is 0.638. The molecule has 0 spiro atoms. The minimum Gasteiger partial charge on any atom is -0.481 e. The molecule has 0 unspecified atom stereocenters. The Kier molecular flexibility index (Phi) is 6.11. The van der Waals surface area contributed by atoms with Gasteiger partial charge in [-0.15, -0.1) is 0 Å². The van der Waals surface area contributed by atoms with Gasteiger partial charge in [0.2, 0.25) is 15.9 Å². The fourth-order valence-electron chi connectivity index (χ4n) is 2.07. The van der Waals surface area contributed by atoms with Gasteiger partial charge in [-0.2, -0.15) is 4.31 Å². The minimum atomic E-state index is -3.43. The summed E-state index contributed by atoms with van der Waals surface area (Å²) in [7, 11) is -2.11. The summed E-state index contributed by atoms with van der Waals surface area (Å²) < 4.78 is 29.2. The van der Waals surface area contributed by atoms with Crippen LogP contribution in [0.2, 0.25) is 0 Å². The van der Waals surface area contributed by atoms with Crippen molar-refractivity contribution in [3.63, 3.8) is 0 Å². The summed E-state index contributed by atoms with van der Waals surface area (Å²) in [6.07, 6.45) is 0.650. The van der Waals surface area contributed by atoms with E-state index < -0.39 is 27.3 Å². The molecule has 0 atom stereocenters. The lowest BCUT2D eigenvalue weighted by molar-refractivity contribution is -0.154. The third-order valence-corrected chi connectivity index (χ3v) is 5.54. The highest BCUT2D eigenvalue weighted by Gasteiger charge is 2.40. The first-order chi connectivity index (χ1) is 9.73. The molecule has 1 heterocycles. The number of sulfonamides is 1. The van der Waals surface area contributed by atoms with Gasteiger partial charge in [0, 0.05) is 26.8 Å². The topological polar surface area (TPSA) is 113 Å². The van der Waals surface area contributed by atoms with E-state index >= 15 is 0 Å². The van der Waals surface area contributed by atoms with E-state index in [9.17, 15) is 23.1 Å². The zero-order valence-corrected chi connectivity index (χ0v) is 13.1. The van der Waals surface area contributed by atoms with Gasteiger partial charge in [-0.05, 0) is 19.8 Å². The van der Waals surface area contributed by atoms with Gasteiger partial charge in [0.25, 0.3) is 0 Å². The van der Waals surface area contributed by atoms with Gasteiger partial charge < -0.3 is 15.2 Å². The summed E-state index contributed by atoms with van der Waals surface area (Å²) in [6, 6.07) is 0. The number of likely N-dealkylation sites (N-methyl/N-ethyl adjacent to an activating group) is 1. The summed E-state index contributed by atoms with van der Waals surface area (Å²) in [5, 5.41) is 11.9. The van der Waals surface area contributed by atoms with Crippen LogP contribution < -0.4 is 5.32 Å². The van der Waals surface area contributed by atoms with Crippen LogP contribution in [0.3, 0.4) is 0 Å². The number of ether oxygens (including phenoxy) is 1. The molecule has 0 radical (unpaired) electrons. The average Bonchev–Trinajstić information content (AvgIpc) is 2.45. The molecule has 0 aromatic heterocycles. The van der Waals surface area contributed by atoms with Crippen LogP contribution in [0.15, 0.2) is 0 Å². The standard InChI is InChI=1S/C12H22N2O6S/c1-3-21(18,19)14(2)8-10(15)13-9-12(11(16)17)4-6-20-7-5-12/h3-9H2,1-2H3,(H,13,15)(H,16,17). The molecule has 21 heavy (non-hydrogen) atoms. The molecule has 8 nitrogen and oxygen atoms in total. The van der Waals surface area contributed by atoms with Crippen molar-refractivity contribution in [2.24, 2.45) is 5.41 Å². The first-order valence-electron chi connectivity index (χ1n) is 6.75. The highest BCUT2D eigenvalue weighted by Crippen LogP contribution is 2.30. The van der Waals surface area contributed by atoms with E-state index in [1.165, 1.54) is 14.0 Å². The van der Waals surface area contributed by atoms with Crippen LogP contribution in [0.25, 0.3) is 0 Å². The zero-order chi connectivity index (χ0) is 16.1. The lowest BCUT2D eigenvalue weighted by Gasteiger charge is -2.33. The van der Waals surface area contributed by atoms with Crippen molar-refractivity contribution < 1.29 is 27.9 Å². The molecule has 9 heteroatoms. The third-order valence-electron chi connectivity index (χ3n) is 3.73. The maximum atomic E-state index is 11.8. The van der Waals surface area contributed by atoms with Gasteiger partial charge >= 0.3 is 5.97 Å². The van der Waals surface area contributed by atoms with Crippen LogP contribution >= 0.6 is 0 Å².